The molecule has 8 nitrogen and oxygen atoms in total. The molecule has 9 heteroatoms. The van der Waals surface area contributed by atoms with E-state index in [-0.39, 0.29) is 12.6 Å². The van der Waals surface area contributed by atoms with E-state index in [4.69, 9.17) is 9.47 Å². The van der Waals surface area contributed by atoms with Gasteiger partial charge in [0.05, 0.1) is 12.3 Å². The fraction of sp³-hybridized carbons (Fsp3) is 0.500. The minimum absolute atomic E-state index is 0.0363. The maximum atomic E-state index is 12.7. The molecular weight excluding hydrogens is 536 g/mol. The van der Waals surface area contributed by atoms with Crippen molar-refractivity contribution in [3.05, 3.63) is 53.4 Å². The first-order valence-corrected chi connectivity index (χ1v) is 15.8. The predicted molar refractivity (Wildman–Crippen MR) is 166 cm³/mol. The molecule has 2 aromatic carbocycles. The van der Waals surface area contributed by atoms with Crippen molar-refractivity contribution >= 4 is 44.8 Å². The summed E-state index contributed by atoms with van der Waals surface area (Å²) in [5, 5.41) is 3.55. The Hall–Kier alpha value is -3.30. The Bertz CT molecular complexity index is 1320. The number of fused-ring (bicyclic) bond motifs is 2. The molecule has 2 amide bonds. The number of hydrogen-bond donors (Lipinski definition) is 0. The highest BCUT2D eigenvalue weighted by Gasteiger charge is 2.26. The van der Waals surface area contributed by atoms with Crippen LogP contribution >= 0.6 is 11.3 Å². The van der Waals surface area contributed by atoms with Gasteiger partial charge in [-0.2, -0.15) is 0 Å². The molecule has 2 aliphatic rings. The van der Waals surface area contributed by atoms with E-state index in [1.54, 1.807) is 16.8 Å². The molecule has 0 unspecified atom stereocenters. The van der Waals surface area contributed by atoms with Crippen LogP contribution in [0, 0.1) is 0 Å². The van der Waals surface area contributed by atoms with Crippen LogP contribution in [0.15, 0.2) is 47.8 Å². The first-order valence-electron chi connectivity index (χ1n) is 14.9. The quantitative estimate of drug-likeness (QED) is 0.246. The highest BCUT2D eigenvalue weighted by atomic mass is 32.1. The normalized spacial score (nSPS) is 15.7. The number of benzene rings is 2. The van der Waals surface area contributed by atoms with Crippen molar-refractivity contribution < 1.29 is 19.1 Å². The number of nitrogens with zero attached hydrogens (tertiary/aromatic N) is 4. The smallest absolute Gasteiger partial charge is 0.411 e. The number of rotatable bonds is 12. The second-order valence-electron chi connectivity index (χ2n) is 10.9. The molecule has 220 valence electrons. The van der Waals surface area contributed by atoms with Gasteiger partial charge < -0.3 is 19.3 Å². The van der Waals surface area contributed by atoms with Gasteiger partial charge in [-0.25, -0.2) is 4.79 Å². The van der Waals surface area contributed by atoms with Crippen LogP contribution in [0.3, 0.4) is 0 Å². The molecule has 0 atom stereocenters. The Morgan fingerprint density at radius 2 is 1.85 bits per heavy atom. The van der Waals surface area contributed by atoms with Crippen LogP contribution in [0.1, 0.15) is 44.6 Å². The highest BCUT2D eigenvalue weighted by Crippen LogP contribution is 2.32. The van der Waals surface area contributed by atoms with Crippen LogP contribution < -0.4 is 14.5 Å². The Balaban J connectivity index is 1.05. The number of carbonyl (C=O) groups is 2. The lowest BCUT2D eigenvalue weighted by Gasteiger charge is -2.36. The van der Waals surface area contributed by atoms with Crippen LogP contribution in [0.2, 0.25) is 0 Å². The van der Waals surface area contributed by atoms with Gasteiger partial charge in [-0.15, -0.1) is 11.3 Å². The maximum absolute atomic E-state index is 12.7. The van der Waals surface area contributed by atoms with Crippen LogP contribution in [0.5, 0.6) is 5.75 Å². The predicted octanol–water partition coefficient (Wildman–Crippen LogP) is 5.99. The summed E-state index contributed by atoms with van der Waals surface area (Å²) >= 11 is 1.81. The average Bonchev–Trinajstić information content (AvgIpc) is 3.49. The van der Waals surface area contributed by atoms with Crippen molar-refractivity contribution in [1.82, 2.24) is 9.80 Å². The van der Waals surface area contributed by atoms with Crippen molar-refractivity contribution in [3.8, 4) is 5.75 Å². The standard InChI is InChI=1S/C32H42N4O4S/c1-3-4-15-33(2)32(38)40-24-36-29-23-26(12-10-25(29)11-13-31(36)37)39-21-6-5-16-34-17-19-35(20-18-34)28-8-7-9-30-27(28)14-22-41-30/h7-10,12,14,22-23H,3-6,11,13,15-21,24H2,1-2H3. The van der Waals surface area contributed by atoms with Gasteiger partial charge in [-0.1, -0.05) is 25.5 Å². The Kier molecular flexibility index (Phi) is 10.0. The summed E-state index contributed by atoms with van der Waals surface area (Å²) in [4.78, 5) is 33.2. The van der Waals surface area contributed by atoms with Gasteiger partial charge in [-0.3, -0.25) is 14.6 Å². The fourth-order valence-electron chi connectivity index (χ4n) is 5.56. The lowest BCUT2D eigenvalue weighted by Crippen LogP contribution is -2.46. The number of amides is 2. The topological polar surface area (TPSA) is 65.6 Å². The van der Waals surface area contributed by atoms with Crippen LogP contribution in [-0.2, 0) is 16.0 Å². The Morgan fingerprint density at radius 3 is 2.68 bits per heavy atom. The highest BCUT2D eigenvalue weighted by molar-refractivity contribution is 7.17. The summed E-state index contributed by atoms with van der Waals surface area (Å²) in [7, 11) is 1.72. The first-order chi connectivity index (χ1) is 20.0. The maximum Gasteiger partial charge on any atom is 0.411 e. The van der Waals surface area contributed by atoms with Crippen molar-refractivity contribution in [2.24, 2.45) is 0 Å². The van der Waals surface area contributed by atoms with Gasteiger partial charge in [0.15, 0.2) is 6.73 Å². The van der Waals surface area contributed by atoms with Crippen molar-refractivity contribution in [2.45, 2.75) is 45.4 Å². The van der Waals surface area contributed by atoms with Crippen molar-refractivity contribution in [3.63, 3.8) is 0 Å². The zero-order valence-electron chi connectivity index (χ0n) is 24.3. The monoisotopic (exact) mass is 578 g/mol. The van der Waals surface area contributed by atoms with Gasteiger partial charge >= 0.3 is 6.09 Å². The summed E-state index contributed by atoms with van der Waals surface area (Å²) in [6.07, 6.45) is 4.66. The molecule has 3 aromatic rings. The molecule has 0 N–H and O–H groups in total. The number of piperazine rings is 1. The summed E-state index contributed by atoms with van der Waals surface area (Å²) in [5.74, 6) is 0.705. The fourth-order valence-corrected chi connectivity index (χ4v) is 6.37. The summed E-state index contributed by atoms with van der Waals surface area (Å²) < 4.78 is 12.9. The van der Waals surface area contributed by atoms with E-state index in [0.29, 0.717) is 26.0 Å². The second kappa shape index (κ2) is 14.0. The molecule has 1 aromatic heterocycles. The third kappa shape index (κ3) is 7.32. The molecule has 0 bridgehead atoms. The number of aryl methyl sites for hydroxylation is 1. The number of carbonyl (C=O) groups excluding carboxylic acids is 2. The van der Waals surface area contributed by atoms with Crippen LogP contribution in [-0.4, -0.2) is 81.5 Å². The molecule has 1 saturated heterocycles. The average molecular weight is 579 g/mol. The third-order valence-corrected chi connectivity index (χ3v) is 8.94. The molecule has 2 aliphatic heterocycles. The lowest BCUT2D eigenvalue weighted by molar-refractivity contribution is -0.119. The van der Waals surface area contributed by atoms with E-state index >= 15 is 0 Å². The van der Waals surface area contributed by atoms with Gasteiger partial charge in [0.25, 0.3) is 0 Å². The summed E-state index contributed by atoms with van der Waals surface area (Å²) in [6, 6.07) is 14.8. The summed E-state index contributed by atoms with van der Waals surface area (Å²) in [5.41, 5.74) is 3.21. The zero-order valence-corrected chi connectivity index (χ0v) is 25.2. The van der Waals surface area contributed by atoms with E-state index < -0.39 is 6.09 Å². The Labute approximate surface area is 247 Å². The number of hydrogen-bond acceptors (Lipinski definition) is 7. The molecule has 5 rings (SSSR count). The lowest BCUT2D eigenvalue weighted by atomic mass is 10.0. The van der Waals surface area contributed by atoms with Gasteiger partial charge in [0.1, 0.15) is 5.75 Å². The zero-order chi connectivity index (χ0) is 28.6. The Morgan fingerprint density at radius 1 is 1.00 bits per heavy atom. The molecular formula is C32H42N4O4S. The van der Waals surface area contributed by atoms with Gasteiger partial charge in [0.2, 0.25) is 5.91 Å². The van der Waals surface area contributed by atoms with E-state index in [1.165, 1.54) is 15.8 Å². The van der Waals surface area contributed by atoms with Crippen LogP contribution in [0.4, 0.5) is 16.2 Å². The minimum atomic E-state index is -0.410. The largest absolute Gasteiger partial charge is 0.494 e. The van der Waals surface area contributed by atoms with E-state index in [1.807, 2.05) is 29.5 Å². The molecule has 41 heavy (non-hydrogen) atoms. The molecule has 0 aliphatic carbocycles. The number of ether oxygens (including phenoxy) is 2. The second-order valence-corrected chi connectivity index (χ2v) is 11.9. The SMILES string of the molecule is CCCCN(C)C(=O)OCN1C(=O)CCc2ccc(OCCCCN3CCN(c4cccc5sccc45)CC3)cc21. The molecule has 0 radical (unpaired) electrons. The number of anilines is 2. The number of unbranched alkanes of at least 4 members (excludes halogenated alkanes) is 2. The van der Waals surface area contributed by atoms with Gasteiger partial charge in [0, 0.05) is 68.0 Å². The van der Waals surface area contributed by atoms with E-state index in [2.05, 4.69) is 46.4 Å². The van der Waals surface area contributed by atoms with E-state index in [9.17, 15) is 9.59 Å². The first kappa shape index (κ1) is 29.2. The van der Waals surface area contributed by atoms with E-state index in [0.717, 1.165) is 75.4 Å². The minimum Gasteiger partial charge on any atom is -0.494 e. The van der Waals surface area contributed by atoms with Crippen molar-refractivity contribution in [1.29, 1.82) is 0 Å². The molecule has 3 heterocycles. The third-order valence-electron chi connectivity index (χ3n) is 8.06. The molecule has 1 fully saturated rings. The molecule has 0 saturated carbocycles. The van der Waals surface area contributed by atoms with Crippen LogP contribution in [0.25, 0.3) is 10.1 Å². The van der Waals surface area contributed by atoms with Crippen molar-refractivity contribution in [2.75, 3.05) is 69.5 Å². The van der Waals surface area contributed by atoms with Gasteiger partial charge in [-0.05, 0) is 67.4 Å². The number of thiophene rings is 1. The molecule has 0 spiro atoms. The summed E-state index contributed by atoms with van der Waals surface area (Å²) in [6.45, 7) is 8.61.